The quantitative estimate of drug-likeness (QED) is 0.839. The van der Waals surface area contributed by atoms with Crippen LogP contribution in [-0.2, 0) is 4.79 Å². The van der Waals surface area contributed by atoms with E-state index >= 15 is 0 Å². The van der Waals surface area contributed by atoms with Crippen LogP contribution in [0, 0.1) is 6.92 Å². The number of alkyl halides is 3. The summed E-state index contributed by atoms with van der Waals surface area (Å²) in [5.41, 5.74) is 1.89. The average molecular weight is 338 g/mol. The van der Waals surface area contributed by atoms with Crippen molar-refractivity contribution in [2.45, 2.75) is 44.8 Å². The molecule has 1 aliphatic carbocycles. The highest BCUT2D eigenvalue weighted by Crippen LogP contribution is 2.35. The van der Waals surface area contributed by atoms with Crippen molar-refractivity contribution in [3.63, 3.8) is 0 Å². The molecule has 2 aromatic rings. The zero-order valence-corrected chi connectivity index (χ0v) is 13.1. The molecule has 0 aliphatic heterocycles. The van der Waals surface area contributed by atoms with Crippen LogP contribution in [0.2, 0.25) is 0 Å². The van der Waals surface area contributed by atoms with Crippen LogP contribution in [-0.4, -0.2) is 32.9 Å². The number of amides is 1. The first-order chi connectivity index (χ1) is 11.3. The Balaban J connectivity index is 1.84. The number of pyridine rings is 1. The van der Waals surface area contributed by atoms with Gasteiger partial charge in [0.05, 0.1) is 35.9 Å². The molecular weight excluding hydrogens is 321 g/mol. The van der Waals surface area contributed by atoms with E-state index in [4.69, 9.17) is 0 Å². The van der Waals surface area contributed by atoms with Gasteiger partial charge in [0.2, 0.25) is 5.91 Å². The minimum atomic E-state index is -4.33. The van der Waals surface area contributed by atoms with Gasteiger partial charge in [-0.3, -0.25) is 9.78 Å². The van der Waals surface area contributed by atoms with E-state index < -0.39 is 24.9 Å². The van der Waals surface area contributed by atoms with Crippen LogP contribution in [0.25, 0.3) is 5.69 Å². The highest BCUT2D eigenvalue weighted by atomic mass is 19.4. The smallest absolute Gasteiger partial charge is 0.306 e. The molecule has 0 atom stereocenters. The molecule has 1 aliphatic rings. The molecule has 0 radical (unpaired) electrons. The van der Waals surface area contributed by atoms with Crippen molar-refractivity contribution in [1.29, 1.82) is 0 Å². The third-order valence-corrected chi connectivity index (χ3v) is 3.85. The monoisotopic (exact) mass is 338 g/mol. The van der Waals surface area contributed by atoms with E-state index in [1.807, 2.05) is 6.07 Å². The molecular formula is C16H17F3N4O. The Morgan fingerprint density at radius 3 is 2.75 bits per heavy atom. The largest absolute Gasteiger partial charge is 0.389 e. The van der Waals surface area contributed by atoms with Crippen LogP contribution in [0.15, 0.2) is 30.7 Å². The Morgan fingerprint density at radius 2 is 2.17 bits per heavy atom. The molecule has 0 bridgehead atoms. The molecule has 0 saturated heterocycles. The first-order valence-electron chi connectivity index (χ1n) is 7.70. The number of carbonyl (C=O) groups is 1. The van der Waals surface area contributed by atoms with E-state index in [0.29, 0.717) is 11.4 Å². The van der Waals surface area contributed by atoms with Crippen LogP contribution >= 0.6 is 0 Å². The molecule has 128 valence electrons. The lowest BCUT2D eigenvalue weighted by atomic mass is 10.2. The molecule has 8 heteroatoms. The zero-order valence-electron chi connectivity index (χ0n) is 13.1. The van der Waals surface area contributed by atoms with Crippen molar-refractivity contribution in [2.24, 2.45) is 0 Å². The summed E-state index contributed by atoms with van der Waals surface area (Å²) in [7, 11) is 0. The summed E-state index contributed by atoms with van der Waals surface area (Å²) < 4.78 is 38.8. The standard InChI is InChI=1S/C16H17F3N4O/c1-11-14(10-22(21-11)13-3-2-8-20-9-13)23(12-4-5-12)15(24)6-7-16(17,18)19/h2-3,8-10,12H,4-7H2,1H3. The second kappa shape index (κ2) is 6.26. The van der Waals surface area contributed by atoms with Gasteiger partial charge in [-0.15, -0.1) is 0 Å². The Kier molecular flexibility index (Phi) is 4.29. The molecule has 0 aromatic carbocycles. The van der Waals surface area contributed by atoms with Gasteiger partial charge in [0, 0.05) is 18.7 Å². The molecule has 0 unspecified atom stereocenters. The normalized spacial score (nSPS) is 14.7. The van der Waals surface area contributed by atoms with E-state index in [1.165, 1.54) is 4.90 Å². The first-order valence-corrected chi connectivity index (χ1v) is 7.70. The number of aryl methyl sites for hydroxylation is 1. The minimum absolute atomic E-state index is 0.0315. The highest BCUT2D eigenvalue weighted by molar-refractivity contribution is 5.95. The third-order valence-electron chi connectivity index (χ3n) is 3.85. The van der Waals surface area contributed by atoms with Gasteiger partial charge >= 0.3 is 6.18 Å². The number of halogens is 3. The van der Waals surface area contributed by atoms with Crippen molar-refractivity contribution in [3.05, 3.63) is 36.4 Å². The molecule has 3 rings (SSSR count). The highest BCUT2D eigenvalue weighted by Gasteiger charge is 2.37. The predicted octanol–water partition coefficient (Wildman–Crippen LogP) is 3.41. The van der Waals surface area contributed by atoms with Crippen molar-refractivity contribution in [1.82, 2.24) is 14.8 Å². The van der Waals surface area contributed by atoms with Gasteiger partial charge < -0.3 is 4.90 Å². The summed E-state index contributed by atoms with van der Waals surface area (Å²) in [5.74, 6) is -0.510. The topological polar surface area (TPSA) is 51.0 Å². The molecule has 2 heterocycles. The van der Waals surface area contributed by atoms with Crippen LogP contribution in [0.4, 0.5) is 18.9 Å². The number of hydrogen-bond donors (Lipinski definition) is 0. The minimum Gasteiger partial charge on any atom is -0.306 e. The van der Waals surface area contributed by atoms with Gasteiger partial charge in [-0.05, 0) is 31.9 Å². The lowest BCUT2D eigenvalue weighted by Crippen LogP contribution is -2.34. The van der Waals surface area contributed by atoms with Crippen LogP contribution in [0.3, 0.4) is 0 Å². The molecule has 5 nitrogen and oxygen atoms in total. The van der Waals surface area contributed by atoms with E-state index in [9.17, 15) is 18.0 Å². The lowest BCUT2D eigenvalue weighted by molar-refractivity contribution is -0.143. The molecule has 1 fully saturated rings. The molecule has 1 saturated carbocycles. The average Bonchev–Trinajstić information content (AvgIpc) is 3.29. The fourth-order valence-corrected chi connectivity index (χ4v) is 2.55. The fraction of sp³-hybridized carbons (Fsp3) is 0.438. The van der Waals surface area contributed by atoms with Crippen LogP contribution in [0.1, 0.15) is 31.4 Å². The van der Waals surface area contributed by atoms with Gasteiger partial charge in [0.1, 0.15) is 0 Å². The second-order valence-corrected chi connectivity index (χ2v) is 5.87. The third kappa shape index (κ3) is 3.74. The van der Waals surface area contributed by atoms with Gasteiger partial charge in [-0.25, -0.2) is 4.68 Å². The molecule has 2 aromatic heterocycles. The molecule has 1 amide bonds. The number of carbonyl (C=O) groups excluding carboxylic acids is 1. The summed E-state index contributed by atoms with van der Waals surface area (Å²) >= 11 is 0. The summed E-state index contributed by atoms with van der Waals surface area (Å²) in [5, 5.41) is 4.36. The van der Waals surface area contributed by atoms with E-state index in [-0.39, 0.29) is 6.04 Å². The van der Waals surface area contributed by atoms with Crippen LogP contribution in [0.5, 0.6) is 0 Å². The van der Waals surface area contributed by atoms with Crippen molar-refractivity contribution in [3.8, 4) is 5.69 Å². The number of nitrogens with zero attached hydrogens (tertiary/aromatic N) is 4. The maximum atomic E-state index is 12.4. The summed E-state index contributed by atoms with van der Waals surface area (Å²) in [6.45, 7) is 1.74. The van der Waals surface area contributed by atoms with Crippen molar-refractivity contribution >= 4 is 11.6 Å². The number of aromatic nitrogens is 3. The first kappa shape index (κ1) is 16.5. The summed E-state index contributed by atoms with van der Waals surface area (Å²) in [4.78, 5) is 17.8. The van der Waals surface area contributed by atoms with Crippen LogP contribution < -0.4 is 4.90 Å². The Bertz CT molecular complexity index is 723. The Labute approximate surface area is 137 Å². The maximum Gasteiger partial charge on any atom is 0.389 e. The second-order valence-electron chi connectivity index (χ2n) is 5.87. The fourth-order valence-electron chi connectivity index (χ4n) is 2.55. The van der Waals surface area contributed by atoms with Gasteiger partial charge in [0.25, 0.3) is 0 Å². The van der Waals surface area contributed by atoms with Gasteiger partial charge in [0.15, 0.2) is 0 Å². The Hall–Kier alpha value is -2.38. The summed E-state index contributed by atoms with van der Waals surface area (Å²) in [6.07, 6.45) is 0.559. The molecule has 0 spiro atoms. The van der Waals surface area contributed by atoms with E-state index in [2.05, 4.69) is 10.1 Å². The van der Waals surface area contributed by atoms with Gasteiger partial charge in [-0.2, -0.15) is 18.3 Å². The van der Waals surface area contributed by atoms with Gasteiger partial charge in [-0.1, -0.05) is 0 Å². The SMILES string of the molecule is Cc1nn(-c2cccnc2)cc1N(C(=O)CCC(F)(F)F)C1CC1. The summed E-state index contributed by atoms with van der Waals surface area (Å²) in [6, 6.07) is 3.55. The van der Waals surface area contributed by atoms with E-state index in [0.717, 1.165) is 18.5 Å². The number of rotatable bonds is 5. The van der Waals surface area contributed by atoms with Crippen molar-refractivity contribution in [2.75, 3.05) is 4.90 Å². The van der Waals surface area contributed by atoms with E-state index in [1.54, 1.807) is 36.3 Å². The number of hydrogen-bond acceptors (Lipinski definition) is 3. The molecule has 24 heavy (non-hydrogen) atoms. The maximum absolute atomic E-state index is 12.4. The van der Waals surface area contributed by atoms with Crippen molar-refractivity contribution < 1.29 is 18.0 Å². The lowest BCUT2D eigenvalue weighted by Gasteiger charge is -2.22. The Morgan fingerprint density at radius 1 is 1.42 bits per heavy atom. The zero-order chi connectivity index (χ0) is 17.3. The molecule has 0 N–H and O–H groups in total. The predicted molar refractivity (Wildman–Crippen MR) is 81.9 cm³/mol. The number of anilines is 1.